The van der Waals surface area contributed by atoms with Crippen molar-refractivity contribution in [3.8, 4) is 23.0 Å². The number of nitro benzene ring substituents is 1. The van der Waals surface area contributed by atoms with E-state index in [-0.39, 0.29) is 35.6 Å². The molecule has 10 heteroatoms. The molecule has 0 saturated carbocycles. The summed E-state index contributed by atoms with van der Waals surface area (Å²) in [7, 11) is 0. The highest BCUT2D eigenvalue weighted by Gasteiger charge is 2.43. The lowest BCUT2D eigenvalue weighted by molar-refractivity contribution is -0.384. The lowest BCUT2D eigenvalue weighted by Crippen LogP contribution is -2.53. The van der Waals surface area contributed by atoms with Crippen LogP contribution in [0.4, 0.5) is 14.9 Å². The van der Waals surface area contributed by atoms with E-state index in [1.165, 1.54) is 43.3 Å². The Labute approximate surface area is 226 Å². The maximum Gasteiger partial charge on any atom is 0.415 e. The van der Waals surface area contributed by atoms with E-state index >= 15 is 0 Å². The van der Waals surface area contributed by atoms with Gasteiger partial charge in [0.05, 0.1) is 4.92 Å². The maximum absolute atomic E-state index is 13.7. The fraction of sp³-hybridized carbons (Fsp3) is 0.345. The number of hydrogen-bond acceptors (Lipinski definition) is 7. The second kappa shape index (κ2) is 10.4. The van der Waals surface area contributed by atoms with Crippen molar-refractivity contribution in [2.75, 3.05) is 13.1 Å². The van der Waals surface area contributed by atoms with Gasteiger partial charge in [-0.05, 0) is 68.1 Å². The van der Waals surface area contributed by atoms with E-state index in [9.17, 15) is 19.3 Å². The molecule has 2 aliphatic heterocycles. The molecule has 0 aromatic heterocycles. The predicted octanol–water partition coefficient (Wildman–Crippen LogP) is 6.31. The van der Waals surface area contributed by atoms with Gasteiger partial charge in [0.25, 0.3) is 5.69 Å². The number of nitrogens with zero attached hydrogens (tertiary/aromatic N) is 2. The van der Waals surface area contributed by atoms with Gasteiger partial charge >= 0.3 is 6.09 Å². The van der Waals surface area contributed by atoms with Crippen LogP contribution in [0.1, 0.15) is 40.0 Å². The standard InChI is InChI=1S/C29H29FN2O7/c1-18-36-26-13-12-23(16-27(26)37-18)39-29(2,3)25-17-31(15-14-24(25)19-4-6-20(30)7-5-19)28(33)38-22-10-8-21(9-11-22)32(34)35/h4-13,16,18,24-25H,14-15,17H2,1-3H3/t18?,24-,25+/m0/s1/i18D. The van der Waals surface area contributed by atoms with Gasteiger partial charge in [0.2, 0.25) is 6.27 Å². The van der Waals surface area contributed by atoms with Crippen molar-refractivity contribution in [2.45, 2.75) is 45.0 Å². The quantitative estimate of drug-likeness (QED) is 0.268. The number of ether oxygens (including phenoxy) is 4. The minimum atomic E-state index is -1.52. The van der Waals surface area contributed by atoms with Crippen molar-refractivity contribution in [1.29, 1.82) is 0 Å². The van der Waals surface area contributed by atoms with E-state index in [4.69, 9.17) is 20.3 Å². The van der Waals surface area contributed by atoms with Crippen LogP contribution in [0.15, 0.2) is 66.7 Å². The Morgan fingerprint density at radius 3 is 2.44 bits per heavy atom. The van der Waals surface area contributed by atoms with Crippen molar-refractivity contribution in [1.82, 2.24) is 4.90 Å². The van der Waals surface area contributed by atoms with Crippen LogP contribution in [-0.2, 0) is 0 Å². The number of piperidine rings is 1. The minimum Gasteiger partial charge on any atom is -0.487 e. The number of rotatable bonds is 6. The van der Waals surface area contributed by atoms with Crippen LogP contribution in [0.25, 0.3) is 0 Å². The monoisotopic (exact) mass is 537 g/mol. The topological polar surface area (TPSA) is 100 Å². The van der Waals surface area contributed by atoms with E-state index in [0.717, 1.165) is 5.56 Å². The molecule has 39 heavy (non-hydrogen) atoms. The Morgan fingerprint density at radius 2 is 1.74 bits per heavy atom. The summed E-state index contributed by atoms with van der Waals surface area (Å²) in [4.78, 5) is 25.1. The molecule has 1 unspecified atom stereocenters. The Hall–Kier alpha value is -4.34. The predicted molar refractivity (Wildman–Crippen MR) is 140 cm³/mol. The molecule has 0 N–H and O–H groups in total. The van der Waals surface area contributed by atoms with Gasteiger partial charge in [0.15, 0.2) is 11.5 Å². The molecule has 0 spiro atoms. The molecular formula is C29H29FN2O7. The maximum atomic E-state index is 13.7. The van der Waals surface area contributed by atoms with Gasteiger partial charge in [-0.3, -0.25) is 10.1 Å². The molecule has 0 radical (unpaired) electrons. The van der Waals surface area contributed by atoms with Gasteiger partial charge in [-0.25, -0.2) is 9.18 Å². The van der Waals surface area contributed by atoms with Gasteiger partial charge in [-0.15, -0.1) is 0 Å². The van der Waals surface area contributed by atoms with Crippen LogP contribution >= 0.6 is 0 Å². The van der Waals surface area contributed by atoms with Crippen molar-refractivity contribution in [2.24, 2.45) is 5.92 Å². The number of likely N-dealkylation sites (tertiary alicyclic amines) is 1. The number of nitro groups is 1. The third kappa shape index (κ3) is 5.74. The van der Waals surface area contributed by atoms with Gasteiger partial charge in [-0.1, -0.05) is 12.1 Å². The van der Waals surface area contributed by atoms with Gasteiger partial charge in [0.1, 0.15) is 24.3 Å². The summed E-state index contributed by atoms with van der Waals surface area (Å²) in [6.07, 6.45) is -1.51. The van der Waals surface area contributed by atoms with Crippen LogP contribution in [0.3, 0.4) is 0 Å². The molecule has 2 heterocycles. The molecule has 3 aromatic rings. The fourth-order valence-corrected chi connectivity index (χ4v) is 5.16. The SMILES string of the molecule is [2H]C1(C)Oc2ccc(OC(C)(C)[C@@H]3CN(C(=O)Oc4ccc([N+](=O)[O-])cc4)CC[C@H]3c3ccc(F)cc3)cc2O1. The third-order valence-corrected chi connectivity index (χ3v) is 7.12. The summed E-state index contributed by atoms with van der Waals surface area (Å²) in [5, 5.41) is 10.9. The summed E-state index contributed by atoms with van der Waals surface area (Å²) in [5.41, 5.74) is 0.0143. The molecule has 2 aliphatic rings. The van der Waals surface area contributed by atoms with Gasteiger partial charge < -0.3 is 23.8 Å². The summed E-state index contributed by atoms with van der Waals surface area (Å²) < 4.78 is 44.7. The Kier molecular flexibility index (Phi) is 6.68. The van der Waals surface area contributed by atoms with Crippen LogP contribution in [0.2, 0.25) is 0 Å². The average Bonchev–Trinajstić information content (AvgIpc) is 3.22. The van der Waals surface area contributed by atoms with Crippen molar-refractivity contribution >= 4 is 11.8 Å². The van der Waals surface area contributed by atoms with Crippen molar-refractivity contribution < 1.29 is 34.4 Å². The van der Waals surface area contributed by atoms with Crippen molar-refractivity contribution in [3.05, 3.63) is 88.2 Å². The van der Waals surface area contributed by atoms with E-state index in [2.05, 4.69) is 0 Å². The number of fused-ring (bicyclic) bond motifs is 1. The van der Waals surface area contributed by atoms with Gasteiger partial charge in [0, 0.05) is 44.1 Å². The summed E-state index contributed by atoms with van der Waals surface area (Å²) in [6, 6.07) is 16.8. The second-order valence-electron chi connectivity index (χ2n) is 10.1. The smallest absolute Gasteiger partial charge is 0.415 e. The average molecular weight is 538 g/mol. The molecular weight excluding hydrogens is 507 g/mol. The summed E-state index contributed by atoms with van der Waals surface area (Å²) in [6.45, 7) is 6.04. The number of benzene rings is 3. The van der Waals surface area contributed by atoms with Crippen LogP contribution in [-0.4, -0.2) is 40.9 Å². The van der Waals surface area contributed by atoms with E-state index in [0.29, 0.717) is 30.2 Å². The Bertz CT molecular complexity index is 1410. The lowest BCUT2D eigenvalue weighted by Gasteiger charge is -2.45. The zero-order chi connectivity index (χ0) is 28.7. The molecule has 0 aliphatic carbocycles. The fourth-order valence-electron chi connectivity index (χ4n) is 5.16. The summed E-state index contributed by atoms with van der Waals surface area (Å²) >= 11 is 0. The summed E-state index contributed by atoms with van der Waals surface area (Å²) in [5.74, 6) is 0.940. The van der Waals surface area contributed by atoms with E-state index in [1.54, 1.807) is 35.2 Å². The largest absolute Gasteiger partial charge is 0.487 e. The highest BCUT2D eigenvalue weighted by atomic mass is 19.1. The molecule has 1 amide bonds. The Balaban J connectivity index is 1.37. The molecule has 5 rings (SSSR count). The highest BCUT2D eigenvalue weighted by Crippen LogP contribution is 2.43. The molecule has 1 fully saturated rings. The van der Waals surface area contributed by atoms with Crippen molar-refractivity contribution in [3.63, 3.8) is 0 Å². The highest BCUT2D eigenvalue weighted by molar-refractivity contribution is 5.71. The first-order chi connectivity index (χ1) is 18.9. The van der Waals surface area contributed by atoms with Crippen LogP contribution in [0, 0.1) is 21.8 Å². The zero-order valence-electron chi connectivity index (χ0n) is 22.8. The minimum absolute atomic E-state index is 0.0513. The first kappa shape index (κ1) is 25.0. The molecule has 204 valence electrons. The molecule has 3 atom stereocenters. The normalized spacial score (nSPS) is 22.7. The molecule has 9 nitrogen and oxygen atoms in total. The second-order valence-corrected chi connectivity index (χ2v) is 10.1. The number of halogens is 1. The van der Waals surface area contributed by atoms with Gasteiger partial charge in [-0.2, -0.15) is 0 Å². The number of carbonyl (C=O) groups is 1. The number of carbonyl (C=O) groups excluding carboxylic acids is 1. The first-order valence-electron chi connectivity index (χ1n) is 13.1. The Morgan fingerprint density at radius 1 is 1.08 bits per heavy atom. The number of non-ortho nitro benzene ring substituents is 1. The molecule has 0 bridgehead atoms. The van der Waals surface area contributed by atoms with E-state index < -0.39 is 22.9 Å². The first-order valence-corrected chi connectivity index (χ1v) is 12.6. The van der Waals surface area contributed by atoms with Crippen LogP contribution < -0.4 is 18.9 Å². The number of hydrogen-bond donors (Lipinski definition) is 0. The zero-order valence-corrected chi connectivity index (χ0v) is 21.8. The molecule has 3 aromatic carbocycles. The third-order valence-electron chi connectivity index (χ3n) is 7.12. The van der Waals surface area contributed by atoms with E-state index in [1.807, 2.05) is 13.8 Å². The lowest BCUT2D eigenvalue weighted by atomic mass is 9.72. The van der Waals surface area contributed by atoms with Crippen LogP contribution in [0.5, 0.6) is 23.0 Å². The molecule has 1 saturated heterocycles. The number of amides is 1.